The number of benzene rings is 2. The number of nitrogens with zero attached hydrogens (tertiary/aromatic N) is 2. The minimum Gasteiger partial charge on any atom is -0.493 e. The summed E-state index contributed by atoms with van der Waals surface area (Å²) in [5, 5.41) is 5.70. The fourth-order valence-corrected chi connectivity index (χ4v) is 5.49. The van der Waals surface area contributed by atoms with Crippen LogP contribution >= 0.6 is 11.8 Å². The summed E-state index contributed by atoms with van der Waals surface area (Å²) in [4.78, 5) is 33.2. The van der Waals surface area contributed by atoms with Crippen molar-refractivity contribution in [3.8, 4) is 11.5 Å². The molecule has 4 rings (SSSR count). The van der Waals surface area contributed by atoms with Crippen LogP contribution < -0.4 is 14.8 Å². The molecule has 2 aliphatic heterocycles. The number of carbonyl (C=O) groups excluding carboxylic acids is 2. The van der Waals surface area contributed by atoms with E-state index in [-0.39, 0.29) is 24.5 Å². The van der Waals surface area contributed by atoms with E-state index in [0.29, 0.717) is 27.9 Å². The largest absolute Gasteiger partial charge is 0.493 e. The fraction of sp³-hybridized carbons (Fsp3) is 0.345. The third-order valence-corrected chi connectivity index (χ3v) is 7.19. The Morgan fingerprint density at radius 3 is 2.42 bits per heavy atom. The second kappa shape index (κ2) is 11.8. The summed E-state index contributed by atoms with van der Waals surface area (Å²) in [5.74, 6) is 0.542. The number of aliphatic imine (C=N–C) groups is 1. The number of allylic oxidation sites excluding steroid dienone is 1. The molecule has 0 saturated heterocycles. The topological polar surface area (TPSA) is 89.5 Å². The van der Waals surface area contributed by atoms with Crippen LogP contribution in [-0.4, -0.2) is 42.3 Å². The van der Waals surface area contributed by atoms with Crippen molar-refractivity contribution in [3.05, 3.63) is 82.0 Å². The molecule has 0 saturated carbocycles. The molecule has 1 N–H and O–H groups in total. The molecule has 0 radical (unpaired) electrons. The lowest BCUT2D eigenvalue weighted by Crippen LogP contribution is -2.38. The molecule has 2 aromatic carbocycles. The van der Waals surface area contributed by atoms with Crippen LogP contribution in [0.5, 0.6) is 11.5 Å². The Labute approximate surface area is 227 Å². The standard InChI is InChI=1S/C29H33N3O5S/c1-17(2)37-28(34)26-19(4)31-29-32(27(26)21-12-13-23(35-5)24(14-21)36-6)22(16-38-29)15-25(33)30-18(3)20-10-8-7-9-11-20/h7-14,16-18,27H,15H2,1-6H3,(H,30,33)/t18-,27+/m0/s1. The predicted octanol–water partition coefficient (Wildman–Crippen LogP) is 5.50. The van der Waals surface area contributed by atoms with Gasteiger partial charge in [-0.25, -0.2) is 9.79 Å². The number of thioether (sulfide) groups is 1. The summed E-state index contributed by atoms with van der Waals surface area (Å²) in [6, 6.07) is 14.7. The molecule has 0 aliphatic carbocycles. The number of carbonyl (C=O) groups is 2. The number of hydrogen-bond donors (Lipinski definition) is 1. The zero-order valence-electron chi connectivity index (χ0n) is 22.5. The zero-order valence-corrected chi connectivity index (χ0v) is 23.3. The van der Waals surface area contributed by atoms with Crippen molar-refractivity contribution in [2.45, 2.75) is 52.3 Å². The lowest BCUT2D eigenvalue weighted by Gasteiger charge is -2.36. The molecule has 2 aromatic rings. The quantitative estimate of drug-likeness (QED) is 0.424. The number of rotatable bonds is 9. The van der Waals surface area contributed by atoms with Crippen molar-refractivity contribution in [2.24, 2.45) is 4.99 Å². The maximum absolute atomic E-state index is 13.4. The first-order chi connectivity index (χ1) is 18.2. The number of hydrogen-bond acceptors (Lipinski definition) is 8. The third-order valence-electron chi connectivity index (χ3n) is 6.31. The van der Waals surface area contributed by atoms with Crippen molar-refractivity contribution >= 4 is 28.8 Å². The number of esters is 1. The van der Waals surface area contributed by atoms with E-state index in [1.807, 2.05) is 80.5 Å². The van der Waals surface area contributed by atoms with Gasteiger partial charge in [-0.3, -0.25) is 4.79 Å². The maximum atomic E-state index is 13.4. The summed E-state index contributed by atoms with van der Waals surface area (Å²) in [7, 11) is 3.14. The smallest absolute Gasteiger partial charge is 0.338 e. The molecule has 2 heterocycles. The highest BCUT2D eigenvalue weighted by Crippen LogP contribution is 2.46. The van der Waals surface area contributed by atoms with Crippen LogP contribution in [0.3, 0.4) is 0 Å². The Balaban J connectivity index is 1.68. The molecule has 2 atom stereocenters. The van der Waals surface area contributed by atoms with Crippen molar-refractivity contribution in [1.82, 2.24) is 10.2 Å². The molecular weight excluding hydrogens is 502 g/mol. The molecule has 38 heavy (non-hydrogen) atoms. The van der Waals surface area contributed by atoms with Crippen LogP contribution in [0.1, 0.15) is 57.3 Å². The molecule has 0 fully saturated rings. The zero-order chi connectivity index (χ0) is 27.4. The average Bonchev–Trinajstić information content (AvgIpc) is 3.28. The second-order valence-corrected chi connectivity index (χ2v) is 10.2. The van der Waals surface area contributed by atoms with E-state index in [0.717, 1.165) is 16.8 Å². The lowest BCUT2D eigenvalue weighted by molar-refractivity contribution is -0.143. The SMILES string of the molecule is COc1ccc([C@@H]2C(C(=O)OC(C)C)=C(C)N=C3SC=C(CC(=O)N[C@@H](C)c4ccccc4)N32)cc1OC. The van der Waals surface area contributed by atoms with Crippen molar-refractivity contribution in [3.63, 3.8) is 0 Å². The van der Waals surface area contributed by atoms with E-state index < -0.39 is 12.0 Å². The Morgan fingerprint density at radius 2 is 1.76 bits per heavy atom. The summed E-state index contributed by atoms with van der Waals surface area (Å²) >= 11 is 1.43. The third kappa shape index (κ3) is 5.72. The summed E-state index contributed by atoms with van der Waals surface area (Å²) < 4.78 is 16.6. The summed E-state index contributed by atoms with van der Waals surface area (Å²) in [5.41, 5.74) is 3.55. The van der Waals surface area contributed by atoms with Gasteiger partial charge in [-0.2, -0.15) is 0 Å². The first kappa shape index (κ1) is 27.3. The van der Waals surface area contributed by atoms with Gasteiger partial charge in [0, 0.05) is 5.70 Å². The number of amidine groups is 1. The Kier molecular flexibility index (Phi) is 8.46. The highest BCUT2D eigenvalue weighted by atomic mass is 32.2. The molecule has 0 spiro atoms. The van der Waals surface area contributed by atoms with Gasteiger partial charge in [0.25, 0.3) is 0 Å². The van der Waals surface area contributed by atoms with Gasteiger partial charge >= 0.3 is 5.97 Å². The summed E-state index contributed by atoms with van der Waals surface area (Å²) in [6.07, 6.45) is -0.175. The molecule has 0 unspecified atom stereocenters. The Bertz CT molecular complexity index is 1300. The van der Waals surface area contributed by atoms with Crippen LogP contribution in [0.2, 0.25) is 0 Å². The molecule has 0 aromatic heterocycles. The Hall–Kier alpha value is -3.72. The van der Waals surface area contributed by atoms with E-state index in [1.54, 1.807) is 20.3 Å². The molecule has 0 bridgehead atoms. The first-order valence-electron chi connectivity index (χ1n) is 12.4. The minimum atomic E-state index is -0.561. The maximum Gasteiger partial charge on any atom is 0.338 e. The van der Waals surface area contributed by atoms with Crippen LogP contribution in [0.15, 0.2) is 75.9 Å². The van der Waals surface area contributed by atoms with Gasteiger partial charge in [0.15, 0.2) is 16.7 Å². The molecule has 9 heteroatoms. The van der Waals surface area contributed by atoms with Crippen LogP contribution in [0, 0.1) is 0 Å². The molecule has 8 nitrogen and oxygen atoms in total. The molecule has 1 amide bonds. The van der Waals surface area contributed by atoms with E-state index in [4.69, 9.17) is 19.2 Å². The monoisotopic (exact) mass is 535 g/mol. The van der Waals surface area contributed by atoms with Gasteiger partial charge in [-0.1, -0.05) is 48.2 Å². The average molecular weight is 536 g/mol. The van der Waals surface area contributed by atoms with Gasteiger partial charge < -0.3 is 24.4 Å². The van der Waals surface area contributed by atoms with E-state index in [1.165, 1.54) is 11.8 Å². The van der Waals surface area contributed by atoms with Crippen LogP contribution in [-0.2, 0) is 14.3 Å². The Morgan fingerprint density at radius 1 is 1.05 bits per heavy atom. The van der Waals surface area contributed by atoms with E-state index in [2.05, 4.69) is 5.32 Å². The number of nitrogens with one attached hydrogen (secondary N) is 1. The number of methoxy groups -OCH3 is 2. The second-order valence-electron chi connectivity index (χ2n) is 9.34. The fourth-order valence-electron chi connectivity index (χ4n) is 4.53. The summed E-state index contributed by atoms with van der Waals surface area (Å²) in [6.45, 7) is 7.39. The molecule has 200 valence electrons. The molecule has 2 aliphatic rings. The van der Waals surface area contributed by atoms with Gasteiger partial charge in [0.2, 0.25) is 5.91 Å². The lowest BCUT2D eigenvalue weighted by atomic mass is 9.93. The molecular formula is C29H33N3O5S. The van der Waals surface area contributed by atoms with E-state index in [9.17, 15) is 9.59 Å². The van der Waals surface area contributed by atoms with Gasteiger partial charge in [0.05, 0.1) is 50.1 Å². The van der Waals surface area contributed by atoms with Gasteiger partial charge in [0.1, 0.15) is 0 Å². The van der Waals surface area contributed by atoms with Crippen molar-refractivity contribution in [2.75, 3.05) is 14.2 Å². The number of amides is 1. The van der Waals surface area contributed by atoms with Crippen molar-refractivity contribution in [1.29, 1.82) is 0 Å². The first-order valence-corrected chi connectivity index (χ1v) is 13.3. The number of fused-ring (bicyclic) bond motifs is 1. The normalized spacial score (nSPS) is 17.4. The van der Waals surface area contributed by atoms with Gasteiger partial charge in [-0.05, 0) is 56.4 Å². The highest BCUT2D eigenvalue weighted by Gasteiger charge is 2.41. The van der Waals surface area contributed by atoms with Crippen LogP contribution in [0.25, 0.3) is 0 Å². The van der Waals surface area contributed by atoms with Gasteiger partial charge in [-0.15, -0.1) is 0 Å². The predicted molar refractivity (Wildman–Crippen MR) is 149 cm³/mol. The van der Waals surface area contributed by atoms with Crippen molar-refractivity contribution < 1.29 is 23.8 Å². The minimum absolute atomic E-state index is 0.124. The van der Waals surface area contributed by atoms with E-state index >= 15 is 0 Å². The highest BCUT2D eigenvalue weighted by molar-refractivity contribution is 8.16. The number of ether oxygens (including phenoxy) is 3. The van der Waals surface area contributed by atoms with Crippen LogP contribution in [0.4, 0.5) is 0 Å².